The molecule has 1 rings (SSSR count). The molecule has 0 aliphatic carbocycles. The average Bonchev–Trinajstić information content (AvgIpc) is 3.31. The fourth-order valence-electron chi connectivity index (χ4n) is 5.97. The normalized spacial score (nSPS) is 11.6. The lowest BCUT2D eigenvalue weighted by molar-refractivity contribution is -0.704. The van der Waals surface area contributed by atoms with Crippen LogP contribution in [0, 0.1) is 0 Å². The summed E-state index contributed by atoms with van der Waals surface area (Å²) in [6, 6.07) is 0. The molecule has 0 atom stereocenters. The maximum atomic E-state index is 2.61. The van der Waals surface area contributed by atoms with Crippen LogP contribution in [-0.4, -0.2) is 4.57 Å². The molecular formula is C36H71N2+. The van der Waals surface area contributed by atoms with Gasteiger partial charge in [-0.3, -0.25) is 0 Å². The molecule has 0 saturated carbocycles. The Balaban J connectivity index is 2.15. The molecule has 0 saturated heterocycles. The van der Waals surface area contributed by atoms with Crippen LogP contribution in [0.2, 0.25) is 0 Å². The third-order valence-electron chi connectivity index (χ3n) is 8.60. The zero-order valence-electron chi connectivity index (χ0n) is 26.8. The Morgan fingerprint density at radius 2 is 0.816 bits per heavy atom. The average molecular weight is 532 g/mol. The Hall–Kier alpha value is -0.790. The number of rotatable bonds is 30. The predicted molar refractivity (Wildman–Crippen MR) is 170 cm³/mol. The van der Waals surface area contributed by atoms with Gasteiger partial charge in [0.1, 0.15) is 12.4 Å². The van der Waals surface area contributed by atoms with Crippen molar-refractivity contribution in [2.75, 3.05) is 0 Å². The van der Waals surface area contributed by atoms with E-state index in [1.165, 1.54) is 193 Å². The molecule has 224 valence electrons. The van der Waals surface area contributed by atoms with E-state index in [1.807, 2.05) is 0 Å². The number of imidazole rings is 1. The number of unbranched alkanes of at least 4 members (excludes halogenated alkanes) is 24. The Morgan fingerprint density at radius 1 is 0.447 bits per heavy atom. The lowest BCUT2D eigenvalue weighted by atomic mass is 10.0. The smallest absolute Gasteiger partial charge is 0.234 e. The van der Waals surface area contributed by atoms with E-state index in [0.717, 1.165) is 0 Å². The highest BCUT2D eigenvalue weighted by Crippen LogP contribution is 2.14. The lowest BCUT2D eigenvalue weighted by Gasteiger charge is -2.07. The van der Waals surface area contributed by atoms with Gasteiger partial charge in [-0.05, 0) is 32.1 Å². The van der Waals surface area contributed by atoms with Gasteiger partial charge in [0.05, 0.1) is 13.1 Å². The molecule has 0 N–H and O–H groups in total. The minimum Gasteiger partial charge on any atom is -0.234 e. The summed E-state index contributed by atoms with van der Waals surface area (Å²) in [5, 5.41) is 0. The highest BCUT2D eigenvalue weighted by Gasteiger charge is 2.16. The van der Waals surface area contributed by atoms with Gasteiger partial charge in [-0.15, -0.1) is 0 Å². The van der Waals surface area contributed by atoms with Gasteiger partial charge in [-0.25, -0.2) is 9.13 Å². The van der Waals surface area contributed by atoms with Gasteiger partial charge in [-0.2, -0.15) is 0 Å². The van der Waals surface area contributed by atoms with Crippen LogP contribution in [0.5, 0.6) is 0 Å². The molecule has 0 fully saturated rings. The van der Waals surface area contributed by atoms with Crippen LogP contribution in [0.3, 0.4) is 0 Å². The van der Waals surface area contributed by atoms with Crippen LogP contribution in [-0.2, 0) is 19.5 Å². The summed E-state index contributed by atoms with van der Waals surface area (Å²) in [4.78, 5) is 0. The largest absolute Gasteiger partial charge is 0.256 e. The summed E-state index contributed by atoms with van der Waals surface area (Å²) in [6.45, 7) is 9.39. The summed E-state index contributed by atoms with van der Waals surface area (Å²) in [5.41, 5.74) is 0. The van der Waals surface area contributed by atoms with Crippen molar-refractivity contribution in [3.05, 3.63) is 18.2 Å². The fourth-order valence-corrected chi connectivity index (χ4v) is 5.97. The summed E-state index contributed by atoms with van der Waals surface area (Å²) in [7, 11) is 0. The molecule has 0 amide bonds. The molecule has 0 spiro atoms. The van der Waals surface area contributed by atoms with Gasteiger partial charge in [0.15, 0.2) is 0 Å². The summed E-state index contributed by atoms with van der Waals surface area (Å²) >= 11 is 0. The minimum atomic E-state index is 1.22. The quantitative estimate of drug-likeness (QED) is 0.0689. The first-order chi connectivity index (χ1) is 18.8. The first-order valence-corrected chi connectivity index (χ1v) is 17.9. The first kappa shape index (κ1) is 35.2. The van der Waals surface area contributed by atoms with Crippen LogP contribution in [0.15, 0.2) is 12.4 Å². The van der Waals surface area contributed by atoms with E-state index < -0.39 is 0 Å². The number of aromatic nitrogens is 2. The molecule has 38 heavy (non-hydrogen) atoms. The standard InChI is InChI=1S/C36H71N2/c1-4-7-10-13-15-16-17-18-19-20-21-22-23-24-27-30-33-38-35-34-37(32-29-26-14-11-8-5-2)36(38)31-28-25-12-9-6-3/h34-35H,4-33H2,1-3H3/q+1. The highest BCUT2D eigenvalue weighted by atomic mass is 15.1. The second-order valence-electron chi connectivity index (χ2n) is 12.3. The third-order valence-corrected chi connectivity index (χ3v) is 8.60. The topological polar surface area (TPSA) is 8.81 Å². The molecule has 2 nitrogen and oxygen atoms in total. The van der Waals surface area contributed by atoms with Crippen molar-refractivity contribution in [1.29, 1.82) is 0 Å². The predicted octanol–water partition coefficient (Wildman–Crippen LogP) is 11.9. The van der Waals surface area contributed by atoms with E-state index in [4.69, 9.17) is 0 Å². The van der Waals surface area contributed by atoms with Crippen LogP contribution in [0.25, 0.3) is 0 Å². The Bertz CT molecular complexity index is 590. The third kappa shape index (κ3) is 20.2. The van der Waals surface area contributed by atoms with Crippen LogP contribution < -0.4 is 4.57 Å². The zero-order chi connectivity index (χ0) is 27.4. The zero-order valence-corrected chi connectivity index (χ0v) is 26.8. The summed E-state index contributed by atoms with van der Waals surface area (Å²) in [6.07, 6.45) is 44.5. The van der Waals surface area contributed by atoms with E-state index in [0.29, 0.717) is 0 Å². The van der Waals surface area contributed by atoms with Crippen molar-refractivity contribution >= 4 is 0 Å². The van der Waals surface area contributed by atoms with Gasteiger partial charge in [0, 0.05) is 6.42 Å². The van der Waals surface area contributed by atoms with Crippen molar-refractivity contribution in [3.63, 3.8) is 0 Å². The van der Waals surface area contributed by atoms with Crippen LogP contribution in [0.4, 0.5) is 0 Å². The molecule has 1 aromatic heterocycles. The molecular weight excluding hydrogens is 460 g/mol. The van der Waals surface area contributed by atoms with Crippen molar-refractivity contribution < 1.29 is 4.57 Å². The van der Waals surface area contributed by atoms with E-state index in [2.05, 4.69) is 42.3 Å². The van der Waals surface area contributed by atoms with Gasteiger partial charge in [0.2, 0.25) is 0 Å². The second-order valence-corrected chi connectivity index (χ2v) is 12.3. The molecule has 0 aliphatic rings. The Kier molecular flexibility index (Phi) is 25.7. The van der Waals surface area contributed by atoms with Gasteiger partial charge in [0.25, 0.3) is 5.82 Å². The van der Waals surface area contributed by atoms with E-state index in [1.54, 1.807) is 5.82 Å². The highest BCUT2D eigenvalue weighted by molar-refractivity contribution is 4.84. The van der Waals surface area contributed by atoms with Gasteiger partial charge in [-0.1, -0.05) is 162 Å². The molecule has 1 heterocycles. The number of hydrogen-bond donors (Lipinski definition) is 0. The number of aryl methyl sites for hydroxylation is 2. The molecule has 0 aliphatic heterocycles. The van der Waals surface area contributed by atoms with Crippen LogP contribution >= 0.6 is 0 Å². The Morgan fingerprint density at radius 3 is 1.26 bits per heavy atom. The van der Waals surface area contributed by atoms with Crippen molar-refractivity contribution in [2.45, 2.75) is 214 Å². The molecule has 0 unspecified atom stereocenters. The molecule has 0 radical (unpaired) electrons. The fraction of sp³-hybridized carbons (Fsp3) is 0.917. The number of hydrogen-bond acceptors (Lipinski definition) is 0. The SMILES string of the molecule is CCCCCCCCCCCCCCCCCC[n+]1ccn(CCCCCCCC)c1CCCCCCC. The van der Waals surface area contributed by atoms with Crippen LogP contribution in [0.1, 0.15) is 200 Å². The van der Waals surface area contributed by atoms with E-state index in [-0.39, 0.29) is 0 Å². The van der Waals surface area contributed by atoms with Gasteiger partial charge >= 0.3 is 0 Å². The van der Waals surface area contributed by atoms with Crippen molar-refractivity contribution in [1.82, 2.24) is 4.57 Å². The van der Waals surface area contributed by atoms with Gasteiger partial charge < -0.3 is 0 Å². The summed E-state index contributed by atoms with van der Waals surface area (Å²) in [5.74, 6) is 1.61. The molecule has 2 heteroatoms. The molecule has 0 bridgehead atoms. The maximum absolute atomic E-state index is 2.61. The van der Waals surface area contributed by atoms with E-state index in [9.17, 15) is 0 Å². The minimum absolute atomic E-state index is 1.22. The second kappa shape index (κ2) is 27.8. The maximum Gasteiger partial charge on any atom is 0.256 e. The monoisotopic (exact) mass is 532 g/mol. The lowest BCUT2D eigenvalue weighted by Crippen LogP contribution is -2.37. The van der Waals surface area contributed by atoms with E-state index >= 15 is 0 Å². The summed E-state index contributed by atoms with van der Waals surface area (Å²) < 4.78 is 5.22. The molecule has 0 aromatic carbocycles. The van der Waals surface area contributed by atoms with Crippen molar-refractivity contribution in [2.24, 2.45) is 0 Å². The molecule has 1 aromatic rings. The first-order valence-electron chi connectivity index (χ1n) is 17.9. The van der Waals surface area contributed by atoms with Crippen molar-refractivity contribution in [3.8, 4) is 0 Å². The number of nitrogens with zero attached hydrogens (tertiary/aromatic N) is 2. The Labute approximate surface area is 240 Å².